The van der Waals surface area contributed by atoms with E-state index in [0.717, 1.165) is 24.8 Å². The van der Waals surface area contributed by atoms with Gasteiger partial charge in [0.25, 0.3) is 5.91 Å². The van der Waals surface area contributed by atoms with Crippen molar-refractivity contribution in [3.63, 3.8) is 0 Å². The van der Waals surface area contributed by atoms with Crippen LogP contribution < -0.4 is 0 Å². The standard InChI is InChI=1S/C17H17ClN2O4/c18-14-6-4-12(5-7-14)13-3-1-2-10-19(11-13)17(21)15-8-9-16(24-15)20(22)23/h4-9,13H,1-3,10-11H2. The highest BCUT2D eigenvalue weighted by Gasteiger charge is 2.27. The number of amides is 1. The van der Waals surface area contributed by atoms with Gasteiger partial charge in [-0.15, -0.1) is 0 Å². The van der Waals surface area contributed by atoms with Gasteiger partial charge < -0.3 is 9.32 Å². The molecule has 0 spiro atoms. The second-order valence-electron chi connectivity index (χ2n) is 5.89. The van der Waals surface area contributed by atoms with Crippen molar-refractivity contribution in [3.05, 3.63) is 62.9 Å². The summed E-state index contributed by atoms with van der Waals surface area (Å²) < 4.78 is 5.05. The van der Waals surface area contributed by atoms with Crippen molar-refractivity contribution in [1.82, 2.24) is 4.90 Å². The SMILES string of the molecule is O=C(c1ccc([N+](=O)[O-])o1)N1CCCCC(c2ccc(Cl)cc2)C1. The molecule has 1 aliphatic rings. The lowest BCUT2D eigenvalue weighted by molar-refractivity contribution is -0.402. The van der Waals surface area contributed by atoms with Crippen LogP contribution in [-0.4, -0.2) is 28.8 Å². The van der Waals surface area contributed by atoms with Gasteiger partial charge in [0.15, 0.2) is 5.76 Å². The van der Waals surface area contributed by atoms with E-state index in [1.165, 1.54) is 12.1 Å². The highest BCUT2D eigenvalue weighted by Crippen LogP contribution is 2.28. The highest BCUT2D eigenvalue weighted by atomic mass is 35.5. The average molecular weight is 349 g/mol. The molecule has 1 unspecified atom stereocenters. The highest BCUT2D eigenvalue weighted by molar-refractivity contribution is 6.30. The van der Waals surface area contributed by atoms with Crippen LogP contribution in [0.2, 0.25) is 5.02 Å². The molecule has 1 amide bonds. The summed E-state index contributed by atoms with van der Waals surface area (Å²) in [6.45, 7) is 1.19. The predicted octanol–water partition coefficient (Wildman–Crippen LogP) is 4.25. The summed E-state index contributed by atoms with van der Waals surface area (Å²) in [5.41, 5.74) is 1.14. The molecule has 2 heterocycles. The third-order valence-corrected chi connectivity index (χ3v) is 4.53. The van der Waals surface area contributed by atoms with Crippen LogP contribution in [0.1, 0.15) is 41.3 Å². The van der Waals surface area contributed by atoms with Crippen molar-refractivity contribution in [3.8, 4) is 0 Å². The summed E-state index contributed by atoms with van der Waals surface area (Å²) >= 11 is 5.94. The fourth-order valence-corrected chi connectivity index (χ4v) is 3.16. The van der Waals surface area contributed by atoms with Crippen LogP contribution in [-0.2, 0) is 0 Å². The molecule has 3 rings (SSSR count). The number of nitro groups is 1. The number of furan rings is 1. The van der Waals surface area contributed by atoms with Gasteiger partial charge in [0.2, 0.25) is 0 Å². The van der Waals surface area contributed by atoms with Gasteiger partial charge in [-0.1, -0.05) is 30.2 Å². The van der Waals surface area contributed by atoms with Crippen LogP contribution in [0.5, 0.6) is 0 Å². The zero-order chi connectivity index (χ0) is 17.1. The van der Waals surface area contributed by atoms with Gasteiger partial charge in [0.05, 0.1) is 6.07 Å². The van der Waals surface area contributed by atoms with E-state index in [4.69, 9.17) is 16.0 Å². The summed E-state index contributed by atoms with van der Waals surface area (Å²) in [5.74, 6) is -0.483. The zero-order valence-electron chi connectivity index (χ0n) is 13.0. The average Bonchev–Trinajstić information content (AvgIpc) is 2.94. The first-order chi connectivity index (χ1) is 11.5. The fraction of sp³-hybridized carbons (Fsp3) is 0.353. The van der Waals surface area contributed by atoms with Crippen molar-refractivity contribution in [2.45, 2.75) is 25.2 Å². The predicted molar refractivity (Wildman–Crippen MR) is 89.3 cm³/mol. The van der Waals surface area contributed by atoms with E-state index in [2.05, 4.69) is 0 Å². The Morgan fingerprint density at radius 1 is 1.21 bits per heavy atom. The topological polar surface area (TPSA) is 76.6 Å². The van der Waals surface area contributed by atoms with Gasteiger partial charge in [-0.25, -0.2) is 0 Å². The van der Waals surface area contributed by atoms with E-state index < -0.39 is 10.8 Å². The second kappa shape index (κ2) is 7.05. The van der Waals surface area contributed by atoms with E-state index in [1.54, 1.807) is 4.90 Å². The molecule has 0 N–H and O–H groups in total. The van der Waals surface area contributed by atoms with Crippen LogP contribution >= 0.6 is 11.6 Å². The van der Waals surface area contributed by atoms with Crippen LogP contribution in [0.15, 0.2) is 40.8 Å². The third-order valence-electron chi connectivity index (χ3n) is 4.28. The molecule has 0 bridgehead atoms. The molecule has 0 aliphatic carbocycles. The molecule has 6 nitrogen and oxygen atoms in total. The normalized spacial score (nSPS) is 18.2. The molecular formula is C17H17ClN2O4. The fourth-order valence-electron chi connectivity index (χ4n) is 3.03. The number of rotatable bonds is 3. The van der Waals surface area contributed by atoms with Gasteiger partial charge in [-0.05, 0) is 36.6 Å². The molecular weight excluding hydrogens is 332 g/mol. The van der Waals surface area contributed by atoms with Gasteiger partial charge in [-0.2, -0.15) is 0 Å². The Hall–Kier alpha value is -2.34. The lowest BCUT2D eigenvalue weighted by Crippen LogP contribution is -2.33. The third kappa shape index (κ3) is 3.59. The maximum Gasteiger partial charge on any atom is 0.433 e. The first kappa shape index (κ1) is 16.5. The summed E-state index contributed by atoms with van der Waals surface area (Å²) in [4.78, 5) is 24.4. The van der Waals surface area contributed by atoms with Crippen LogP contribution in [0.4, 0.5) is 5.88 Å². The van der Waals surface area contributed by atoms with Crippen molar-refractivity contribution >= 4 is 23.4 Å². The lowest BCUT2D eigenvalue weighted by Gasteiger charge is -2.24. The molecule has 1 saturated heterocycles. The van der Waals surface area contributed by atoms with Crippen LogP contribution in [0, 0.1) is 10.1 Å². The summed E-state index contributed by atoms with van der Waals surface area (Å²) in [7, 11) is 0. The first-order valence-electron chi connectivity index (χ1n) is 7.83. The Kier molecular flexibility index (Phi) is 4.85. The molecule has 0 radical (unpaired) electrons. The second-order valence-corrected chi connectivity index (χ2v) is 6.33. The zero-order valence-corrected chi connectivity index (χ0v) is 13.7. The van der Waals surface area contributed by atoms with Crippen molar-refractivity contribution in [2.24, 2.45) is 0 Å². The largest absolute Gasteiger partial charge is 0.433 e. The van der Waals surface area contributed by atoms with Gasteiger partial charge >= 0.3 is 5.88 Å². The molecule has 0 saturated carbocycles. The van der Waals surface area contributed by atoms with Gasteiger partial charge in [-0.3, -0.25) is 14.9 Å². The number of hydrogen-bond donors (Lipinski definition) is 0. The Labute approximate surface area is 144 Å². The molecule has 1 aromatic heterocycles. The number of benzene rings is 1. The number of likely N-dealkylation sites (tertiary alicyclic amines) is 1. The lowest BCUT2D eigenvalue weighted by atomic mass is 9.94. The maximum absolute atomic E-state index is 12.6. The van der Waals surface area contributed by atoms with Crippen LogP contribution in [0.25, 0.3) is 0 Å². The van der Waals surface area contributed by atoms with E-state index in [0.29, 0.717) is 18.1 Å². The summed E-state index contributed by atoms with van der Waals surface area (Å²) in [6, 6.07) is 10.2. The van der Waals surface area contributed by atoms with Gasteiger partial charge in [0.1, 0.15) is 4.92 Å². The number of halogens is 1. The Bertz CT molecular complexity index is 741. The molecule has 1 atom stereocenters. The van der Waals surface area contributed by atoms with Gasteiger partial charge in [0, 0.05) is 24.0 Å². The Balaban J connectivity index is 1.77. The monoisotopic (exact) mass is 348 g/mol. The smallest absolute Gasteiger partial charge is 0.395 e. The number of hydrogen-bond acceptors (Lipinski definition) is 4. The number of carbonyl (C=O) groups is 1. The van der Waals surface area contributed by atoms with E-state index in [1.807, 2.05) is 24.3 Å². The van der Waals surface area contributed by atoms with E-state index in [9.17, 15) is 14.9 Å². The summed E-state index contributed by atoms with van der Waals surface area (Å²) in [5, 5.41) is 11.4. The minimum Gasteiger partial charge on any atom is -0.395 e. The van der Waals surface area contributed by atoms with Crippen molar-refractivity contribution < 1.29 is 14.1 Å². The summed E-state index contributed by atoms with van der Waals surface area (Å²) in [6.07, 6.45) is 2.91. The Morgan fingerprint density at radius 2 is 1.96 bits per heavy atom. The van der Waals surface area contributed by atoms with E-state index >= 15 is 0 Å². The quantitative estimate of drug-likeness (QED) is 0.613. The maximum atomic E-state index is 12.6. The number of nitrogens with zero attached hydrogens (tertiary/aromatic N) is 2. The molecule has 7 heteroatoms. The van der Waals surface area contributed by atoms with Crippen LogP contribution in [0.3, 0.4) is 0 Å². The minimum atomic E-state index is -0.643. The molecule has 1 aliphatic heterocycles. The minimum absolute atomic E-state index is 0.0125. The molecule has 2 aromatic rings. The van der Waals surface area contributed by atoms with Crippen molar-refractivity contribution in [2.75, 3.05) is 13.1 Å². The molecule has 24 heavy (non-hydrogen) atoms. The Morgan fingerprint density at radius 3 is 2.62 bits per heavy atom. The van der Waals surface area contributed by atoms with Crippen molar-refractivity contribution in [1.29, 1.82) is 0 Å². The molecule has 126 valence electrons. The first-order valence-corrected chi connectivity index (χ1v) is 8.21. The molecule has 1 fully saturated rings. The van der Waals surface area contributed by atoms with E-state index in [-0.39, 0.29) is 17.6 Å². The number of carbonyl (C=O) groups excluding carboxylic acids is 1. The molecule has 1 aromatic carbocycles.